The van der Waals surface area contributed by atoms with Gasteiger partial charge in [-0.2, -0.15) is 0 Å². The minimum absolute atomic E-state index is 0.225. The lowest BCUT2D eigenvalue weighted by Gasteiger charge is -2.11. The van der Waals surface area contributed by atoms with E-state index in [1.54, 1.807) is 25.3 Å². The maximum Gasteiger partial charge on any atom is 0.293 e. The minimum Gasteiger partial charge on any atom is -0.495 e. The Morgan fingerprint density at radius 3 is 2.74 bits per heavy atom. The molecule has 1 fully saturated rings. The number of carbonyl (C=O) groups is 2. The van der Waals surface area contributed by atoms with Crippen LogP contribution in [0.5, 0.6) is 5.75 Å². The summed E-state index contributed by atoms with van der Waals surface area (Å²) in [6.45, 7) is 2.54. The van der Waals surface area contributed by atoms with Crippen LogP contribution >= 0.6 is 39.3 Å². The SMILES string of the molecule is CCCCCN1C(=O)S/C(=C\c2cc(Cl)cc(Br)c2OC)C1=O. The molecule has 0 aromatic heterocycles. The molecule has 0 radical (unpaired) electrons. The molecule has 1 aromatic carbocycles. The van der Waals surface area contributed by atoms with Crippen molar-refractivity contribution in [3.8, 4) is 5.75 Å². The average Bonchev–Trinajstić information content (AvgIpc) is 2.74. The largest absolute Gasteiger partial charge is 0.495 e. The van der Waals surface area contributed by atoms with Gasteiger partial charge in [0.15, 0.2) is 0 Å². The van der Waals surface area contributed by atoms with Gasteiger partial charge in [0.05, 0.1) is 16.5 Å². The predicted octanol–water partition coefficient (Wildman–Crippen LogP) is 5.34. The molecule has 2 amide bonds. The first-order valence-electron chi connectivity index (χ1n) is 7.26. The van der Waals surface area contributed by atoms with Crippen LogP contribution in [0, 0.1) is 0 Å². The highest BCUT2D eigenvalue weighted by molar-refractivity contribution is 9.10. The van der Waals surface area contributed by atoms with Crippen molar-refractivity contribution >= 4 is 56.5 Å². The van der Waals surface area contributed by atoms with Gasteiger partial charge in [0, 0.05) is 17.1 Å². The topological polar surface area (TPSA) is 46.6 Å². The van der Waals surface area contributed by atoms with E-state index in [1.165, 1.54) is 4.90 Å². The van der Waals surface area contributed by atoms with E-state index in [-0.39, 0.29) is 11.1 Å². The number of thioether (sulfide) groups is 1. The van der Waals surface area contributed by atoms with Crippen molar-refractivity contribution in [1.29, 1.82) is 0 Å². The number of nitrogens with zero attached hydrogens (tertiary/aromatic N) is 1. The Morgan fingerprint density at radius 1 is 1.35 bits per heavy atom. The second-order valence-electron chi connectivity index (χ2n) is 5.05. The first kappa shape index (κ1) is 18.4. The van der Waals surface area contributed by atoms with Gasteiger partial charge in [-0.05, 0) is 52.3 Å². The summed E-state index contributed by atoms with van der Waals surface area (Å²) in [7, 11) is 1.54. The zero-order chi connectivity index (χ0) is 17.0. The second-order valence-corrected chi connectivity index (χ2v) is 7.33. The number of methoxy groups -OCH3 is 1. The summed E-state index contributed by atoms with van der Waals surface area (Å²) in [5, 5.41) is 0.295. The summed E-state index contributed by atoms with van der Waals surface area (Å²) >= 11 is 10.4. The van der Waals surface area contributed by atoms with Crippen LogP contribution in [0.2, 0.25) is 5.02 Å². The summed E-state index contributed by atoms with van der Waals surface area (Å²) in [5.74, 6) is 0.321. The van der Waals surface area contributed by atoms with Crippen LogP contribution in [0.25, 0.3) is 6.08 Å². The third-order valence-electron chi connectivity index (χ3n) is 3.39. The molecule has 1 aliphatic heterocycles. The number of ether oxygens (including phenoxy) is 1. The summed E-state index contributed by atoms with van der Waals surface area (Å²) in [6.07, 6.45) is 4.52. The number of hydrogen-bond donors (Lipinski definition) is 0. The Bertz CT molecular complexity index is 663. The number of halogens is 2. The number of carbonyl (C=O) groups excluding carboxylic acids is 2. The van der Waals surface area contributed by atoms with Crippen LogP contribution in [-0.4, -0.2) is 29.7 Å². The zero-order valence-electron chi connectivity index (χ0n) is 12.9. The highest BCUT2D eigenvalue weighted by atomic mass is 79.9. The molecule has 2 rings (SSSR count). The number of hydrogen-bond acceptors (Lipinski definition) is 4. The van der Waals surface area contributed by atoms with Crippen molar-refractivity contribution in [3.63, 3.8) is 0 Å². The number of unbranched alkanes of at least 4 members (excludes halogenated alkanes) is 2. The standard InChI is InChI=1S/C16H17BrClNO3S/c1-3-4-5-6-19-15(20)13(23-16(19)21)8-10-7-11(18)9-12(17)14(10)22-2/h7-9H,3-6H2,1-2H3/b13-8-. The van der Waals surface area contributed by atoms with Crippen LogP contribution < -0.4 is 4.74 Å². The van der Waals surface area contributed by atoms with Crippen molar-refractivity contribution in [2.75, 3.05) is 13.7 Å². The van der Waals surface area contributed by atoms with Gasteiger partial charge < -0.3 is 4.74 Å². The van der Waals surface area contributed by atoms with Crippen molar-refractivity contribution in [1.82, 2.24) is 4.90 Å². The Hall–Kier alpha value is -0.980. The van der Waals surface area contributed by atoms with E-state index in [0.717, 1.165) is 31.0 Å². The average molecular weight is 419 g/mol. The van der Waals surface area contributed by atoms with Gasteiger partial charge in [0.2, 0.25) is 0 Å². The molecule has 4 nitrogen and oxygen atoms in total. The van der Waals surface area contributed by atoms with Crippen molar-refractivity contribution < 1.29 is 14.3 Å². The molecule has 124 valence electrons. The van der Waals surface area contributed by atoms with Gasteiger partial charge in [-0.15, -0.1) is 0 Å². The Balaban J connectivity index is 2.27. The quantitative estimate of drug-likeness (QED) is 0.462. The van der Waals surface area contributed by atoms with E-state index in [4.69, 9.17) is 16.3 Å². The van der Waals surface area contributed by atoms with Crippen LogP contribution in [0.1, 0.15) is 31.7 Å². The Morgan fingerprint density at radius 2 is 2.09 bits per heavy atom. The van der Waals surface area contributed by atoms with Crippen molar-refractivity contribution in [2.24, 2.45) is 0 Å². The fourth-order valence-electron chi connectivity index (χ4n) is 2.26. The van der Waals surface area contributed by atoms with E-state index in [2.05, 4.69) is 22.9 Å². The van der Waals surface area contributed by atoms with Crippen LogP contribution in [-0.2, 0) is 4.79 Å². The van der Waals surface area contributed by atoms with E-state index >= 15 is 0 Å². The smallest absolute Gasteiger partial charge is 0.293 e. The Kier molecular flexibility index (Phi) is 6.56. The van der Waals surface area contributed by atoms with Gasteiger partial charge in [-0.1, -0.05) is 31.4 Å². The lowest BCUT2D eigenvalue weighted by Crippen LogP contribution is -2.29. The lowest BCUT2D eigenvalue weighted by atomic mass is 10.2. The summed E-state index contributed by atoms with van der Waals surface area (Å²) in [4.78, 5) is 26.1. The van der Waals surface area contributed by atoms with Crippen LogP contribution in [0.3, 0.4) is 0 Å². The molecular weight excluding hydrogens is 402 g/mol. The molecule has 1 heterocycles. The lowest BCUT2D eigenvalue weighted by molar-refractivity contribution is -0.122. The molecule has 0 saturated carbocycles. The number of rotatable bonds is 6. The monoisotopic (exact) mass is 417 g/mol. The van der Waals surface area contributed by atoms with Crippen molar-refractivity contribution in [3.05, 3.63) is 32.1 Å². The van der Waals surface area contributed by atoms with Gasteiger partial charge in [0.1, 0.15) is 5.75 Å². The molecule has 1 saturated heterocycles. The number of amides is 2. The maximum atomic E-state index is 12.4. The number of benzene rings is 1. The fraction of sp³-hybridized carbons (Fsp3) is 0.375. The van der Waals surface area contributed by atoms with Gasteiger partial charge in [-0.25, -0.2) is 0 Å². The summed E-state index contributed by atoms with van der Waals surface area (Å²) < 4.78 is 6.04. The first-order valence-corrected chi connectivity index (χ1v) is 9.25. The van der Waals surface area contributed by atoms with Gasteiger partial charge >= 0.3 is 0 Å². The zero-order valence-corrected chi connectivity index (χ0v) is 16.1. The molecule has 7 heteroatoms. The first-order chi connectivity index (χ1) is 11.0. The molecule has 1 aliphatic rings. The highest BCUT2D eigenvalue weighted by Gasteiger charge is 2.34. The van der Waals surface area contributed by atoms with E-state index in [9.17, 15) is 9.59 Å². The maximum absolute atomic E-state index is 12.4. The predicted molar refractivity (Wildman–Crippen MR) is 97.9 cm³/mol. The summed E-state index contributed by atoms with van der Waals surface area (Å²) in [6, 6.07) is 3.42. The van der Waals surface area contributed by atoms with Crippen LogP contribution in [0.4, 0.5) is 4.79 Å². The normalized spacial score (nSPS) is 16.5. The molecule has 0 N–H and O–H groups in total. The molecule has 0 bridgehead atoms. The summed E-state index contributed by atoms with van der Waals surface area (Å²) in [5.41, 5.74) is 0.658. The number of imide groups is 1. The van der Waals surface area contributed by atoms with Gasteiger partial charge in [-0.3, -0.25) is 14.5 Å². The molecular formula is C16H17BrClNO3S. The van der Waals surface area contributed by atoms with Crippen molar-refractivity contribution in [2.45, 2.75) is 26.2 Å². The molecule has 0 aliphatic carbocycles. The molecule has 1 aromatic rings. The molecule has 23 heavy (non-hydrogen) atoms. The Labute approximate surface area is 153 Å². The molecule has 0 spiro atoms. The van der Waals surface area contributed by atoms with E-state index < -0.39 is 0 Å². The fourth-order valence-corrected chi connectivity index (χ4v) is 4.11. The second kappa shape index (κ2) is 8.22. The third kappa shape index (κ3) is 4.31. The van der Waals surface area contributed by atoms with E-state index in [1.807, 2.05) is 0 Å². The van der Waals surface area contributed by atoms with Gasteiger partial charge in [0.25, 0.3) is 11.1 Å². The van der Waals surface area contributed by atoms with Crippen LogP contribution in [0.15, 0.2) is 21.5 Å². The highest BCUT2D eigenvalue weighted by Crippen LogP contribution is 2.38. The molecule has 0 unspecified atom stereocenters. The minimum atomic E-state index is -0.255. The van der Waals surface area contributed by atoms with E-state index in [0.29, 0.717) is 32.3 Å². The molecule has 0 atom stereocenters. The third-order valence-corrected chi connectivity index (χ3v) is 5.10.